The summed E-state index contributed by atoms with van der Waals surface area (Å²) in [7, 11) is 4.05. The molecule has 3 rings (SSSR count). The van der Waals surface area contributed by atoms with Crippen molar-refractivity contribution in [3.05, 3.63) is 46.5 Å². The minimum atomic E-state index is -0.103. The second-order valence-electron chi connectivity index (χ2n) is 8.20. The van der Waals surface area contributed by atoms with Crippen LogP contribution in [0.4, 0.5) is 5.69 Å². The fraction of sp³-hybridized carbons (Fsp3) is 0.455. The van der Waals surface area contributed by atoms with Crippen molar-refractivity contribution in [3.8, 4) is 12.1 Å². The molecule has 3 heteroatoms. The van der Waals surface area contributed by atoms with Crippen molar-refractivity contribution in [2.45, 2.75) is 33.6 Å². The van der Waals surface area contributed by atoms with E-state index in [2.05, 4.69) is 68.2 Å². The van der Waals surface area contributed by atoms with Gasteiger partial charge in [-0.05, 0) is 53.0 Å². The highest BCUT2D eigenvalue weighted by atomic mass is 15.1. The highest BCUT2D eigenvalue weighted by molar-refractivity contribution is 5.69. The van der Waals surface area contributed by atoms with Crippen molar-refractivity contribution in [3.63, 3.8) is 0 Å². The van der Waals surface area contributed by atoms with E-state index in [1.165, 1.54) is 5.57 Å². The van der Waals surface area contributed by atoms with Crippen molar-refractivity contribution in [1.82, 2.24) is 0 Å². The Hall–Kier alpha value is -2.52. The molecule has 0 saturated heterocycles. The molecule has 0 N–H and O–H groups in total. The molecule has 25 heavy (non-hydrogen) atoms. The Bertz CT molecular complexity index is 825. The molecule has 1 aromatic carbocycles. The third kappa shape index (κ3) is 2.38. The van der Waals surface area contributed by atoms with E-state index in [-0.39, 0.29) is 16.4 Å². The number of hydrogen-bond donors (Lipinski definition) is 0. The second-order valence-corrected chi connectivity index (χ2v) is 8.20. The minimum absolute atomic E-state index is 0.0662. The fourth-order valence-electron chi connectivity index (χ4n) is 4.76. The van der Waals surface area contributed by atoms with Crippen molar-refractivity contribution >= 4 is 11.8 Å². The Morgan fingerprint density at radius 2 is 1.72 bits per heavy atom. The Balaban J connectivity index is 2.16. The predicted molar refractivity (Wildman–Crippen MR) is 102 cm³/mol. The SMILES string of the molecule is CN(C)c1ccc(/C=C2/C(=C(C#N)C#N)C3(C)CCC2C3(C)C)cc1. The van der Waals surface area contributed by atoms with Gasteiger partial charge in [0.05, 0.1) is 0 Å². The lowest BCUT2D eigenvalue weighted by Crippen LogP contribution is -2.28. The third-order valence-corrected chi connectivity index (χ3v) is 6.65. The summed E-state index contributed by atoms with van der Waals surface area (Å²) in [5.41, 5.74) is 4.71. The van der Waals surface area contributed by atoms with E-state index >= 15 is 0 Å². The number of anilines is 1. The van der Waals surface area contributed by atoms with Crippen LogP contribution in [0.3, 0.4) is 0 Å². The summed E-state index contributed by atoms with van der Waals surface area (Å²) in [6.07, 6.45) is 4.36. The molecule has 0 heterocycles. The number of benzene rings is 1. The van der Waals surface area contributed by atoms with Gasteiger partial charge in [-0.3, -0.25) is 0 Å². The summed E-state index contributed by atoms with van der Waals surface area (Å²) in [5.74, 6) is 0.401. The molecular formula is C22H25N3. The van der Waals surface area contributed by atoms with Gasteiger partial charge in [0.1, 0.15) is 17.7 Å². The maximum Gasteiger partial charge on any atom is 0.133 e. The number of nitriles is 2. The normalized spacial score (nSPS) is 27.9. The summed E-state index contributed by atoms with van der Waals surface area (Å²) in [6.45, 7) is 6.80. The smallest absolute Gasteiger partial charge is 0.133 e. The van der Waals surface area contributed by atoms with Crippen LogP contribution in [0.5, 0.6) is 0 Å². The molecule has 0 aliphatic heterocycles. The lowest BCUT2D eigenvalue weighted by Gasteiger charge is -2.35. The first-order valence-electron chi connectivity index (χ1n) is 8.80. The number of allylic oxidation sites excluding steroid dienone is 3. The van der Waals surface area contributed by atoms with Gasteiger partial charge in [0.2, 0.25) is 0 Å². The lowest BCUT2D eigenvalue weighted by atomic mass is 9.68. The third-order valence-electron chi connectivity index (χ3n) is 6.65. The van der Waals surface area contributed by atoms with Crippen molar-refractivity contribution < 1.29 is 0 Å². The topological polar surface area (TPSA) is 50.8 Å². The highest BCUT2D eigenvalue weighted by Crippen LogP contribution is 2.70. The zero-order chi connectivity index (χ0) is 18.4. The van der Waals surface area contributed by atoms with Crippen molar-refractivity contribution in [1.29, 1.82) is 10.5 Å². The molecule has 1 aromatic rings. The maximum absolute atomic E-state index is 9.52. The van der Waals surface area contributed by atoms with Crippen LogP contribution in [-0.4, -0.2) is 14.1 Å². The lowest BCUT2D eigenvalue weighted by molar-refractivity contribution is 0.182. The zero-order valence-electron chi connectivity index (χ0n) is 15.7. The summed E-state index contributed by atoms with van der Waals surface area (Å²) >= 11 is 0. The van der Waals surface area contributed by atoms with Crippen LogP contribution in [0.2, 0.25) is 0 Å². The average Bonchev–Trinajstić information content (AvgIpc) is 2.89. The highest BCUT2D eigenvalue weighted by Gasteiger charge is 2.62. The largest absolute Gasteiger partial charge is 0.378 e. The first kappa shape index (κ1) is 17.3. The Morgan fingerprint density at radius 3 is 2.24 bits per heavy atom. The van der Waals surface area contributed by atoms with E-state index < -0.39 is 0 Å². The Labute approximate surface area is 150 Å². The van der Waals surface area contributed by atoms with Gasteiger partial charge >= 0.3 is 0 Å². The van der Waals surface area contributed by atoms with Crippen molar-refractivity contribution in [2.75, 3.05) is 19.0 Å². The van der Waals surface area contributed by atoms with E-state index in [9.17, 15) is 10.5 Å². The van der Waals surface area contributed by atoms with Gasteiger partial charge in [-0.25, -0.2) is 0 Å². The molecule has 2 fully saturated rings. The summed E-state index contributed by atoms with van der Waals surface area (Å²) < 4.78 is 0. The number of hydrogen-bond acceptors (Lipinski definition) is 3. The molecule has 3 nitrogen and oxygen atoms in total. The monoisotopic (exact) mass is 331 g/mol. The zero-order valence-corrected chi connectivity index (χ0v) is 15.7. The molecule has 0 spiro atoms. The number of rotatable bonds is 2. The predicted octanol–water partition coefficient (Wildman–Crippen LogP) is 4.94. The van der Waals surface area contributed by atoms with Gasteiger partial charge < -0.3 is 4.90 Å². The van der Waals surface area contributed by atoms with E-state index in [4.69, 9.17) is 0 Å². The molecule has 0 aromatic heterocycles. The van der Waals surface area contributed by atoms with Gasteiger partial charge in [-0.1, -0.05) is 39.0 Å². The van der Waals surface area contributed by atoms with Crippen LogP contribution in [0, 0.1) is 39.4 Å². The summed E-state index contributed by atoms with van der Waals surface area (Å²) in [4.78, 5) is 2.08. The van der Waals surface area contributed by atoms with E-state index in [1.807, 2.05) is 14.1 Å². The first-order valence-corrected chi connectivity index (χ1v) is 8.80. The first-order chi connectivity index (χ1) is 11.8. The van der Waals surface area contributed by atoms with Crippen LogP contribution < -0.4 is 4.90 Å². The Kier molecular flexibility index (Phi) is 4.00. The van der Waals surface area contributed by atoms with Crippen molar-refractivity contribution in [2.24, 2.45) is 16.7 Å². The van der Waals surface area contributed by atoms with Crippen LogP contribution in [0.1, 0.15) is 39.2 Å². The fourth-order valence-corrected chi connectivity index (χ4v) is 4.76. The van der Waals surface area contributed by atoms with E-state index in [1.54, 1.807) is 0 Å². The number of fused-ring (bicyclic) bond motifs is 2. The van der Waals surface area contributed by atoms with Gasteiger partial charge in [-0.15, -0.1) is 0 Å². The van der Waals surface area contributed by atoms with Crippen LogP contribution >= 0.6 is 0 Å². The Morgan fingerprint density at radius 1 is 1.12 bits per heavy atom. The summed E-state index contributed by atoms with van der Waals surface area (Å²) in [5, 5.41) is 19.0. The quantitative estimate of drug-likeness (QED) is 0.722. The minimum Gasteiger partial charge on any atom is -0.378 e. The van der Waals surface area contributed by atoms with E-state index in [0.29, 0.717) is 5.92 Å². The van der Waals surface area contributed by atoms with Gasteiger partial charge in [0.25, 0.3) is 0 Å². The molecular weight excluding hydrogens is 306 g/mol. The molecule has 2 aliphatic rings. The van der Waals surface area contributed by atoms with Gasteiger partial charge in [-0.2, -0.15) is 10.5 Å². The summed E-state index contributed by atoms with van der Waals surface area (Å²) in [6, 6.07) is 12.7. The molecule has 2 unspecified atom stereocenters. The van der Waals surface area contributed by atoms with Crippen LogP contribution in [0.15, 0.2) is 41.0 Å². The second kappa shape index (κ2) is 5.78. The van der Waals surface area contributed by atoms with Gasteiger partial charge in [0, 0.05) is 25.2 Å². The van der Waals surface area contributed by atoms with E-state index in [0.717, 1.165) is 29.7 Å². The molecule has 0 radical (unpaired) electrons. The average molecular weight is 331 g/mol. The number of nitrogens with zero attached hydrogens (tertiary/aromatic N) is 3. The maximum atomic E-state index is 9.52. The van der Waals surface area contributed by atoms with Crippen LogP contribution in [0.25, 0.3) is 6.08 Å². The van der Waals surface area contributed by atoms with Crippen LogP contribution in [-0.2, 0) is 0 Å². The molecule has 128 valence electrons. The molecule has 2 atom stereocenters. The standard InChI is InChI=1S/C22H25N3/c1-21(2)19-10-11-22(21,3)20(16(13-23)14-24)18(19)12-15-6-8-17(9-7-15)25(4)5/h6-9,12,19H,10-11H2,1-5H3/b18-12+. The molecule has 2 aliphatic carbocycles. The molecule has 0 amide bonds. The molecule has 2 saturated carbocycles. The molecule has 2 bridgehead atoms. The van der Waals surface area contributed by atoms with Gasteiger partial charge in [0.15, 0.2) is 0 Å².